The third kappa shape index (κ3) is 5.55. The van der Waals surface area contributed by atoms with Gasteiger partial charge in [-0.05, 0) is 47.2 Å². The predicted molar refractivity (Wildman–Crippen MR) is 122 cm³/mol. The van der Waals surface area contributed by atoms with Crippen molar-refractivity contribution in [2.45, 2.75) is 0 Å². The van der Waals surface area contributed by atoms with Gasteiger partial charge in [-0.15, -0.1) is 0 Å². The number of halogens is 1. The Kier molecular flexibility index (Phi) is 6.72. The van der Waals surface area contributed by atoms with E-state index >= 15 is 0 Å². The van der Waals surface area contributed by atoms with Crippen LogP contribution in [0.15, 0.2) is 71.2 Å². The van der Waals surface area contributed by atoms with Gasteiger partial charge in [-0.3, -0.25) is 9.59 Å². The van der Waals surface area contributed by atoms with Crippen molar-refractivity contribution >= 4 is 38.5 Å². The Morgan fingerprint density at radius 1 is 0.710 bits per heavy atom. The maximum absolute atomic E-state index is 12.5. The lowest BCUT2D eigenvalue weighted by Gasteiger charge is -2.34. The van der Waals surface area contributed by atoms with Crippen molar-refractivity contribution in [3.05, 3.63) is 71.2 Å². The van der Waals surface area contributed by atoms with Gasteiger partial charge in [0.25, 0.3) is 11.8 Å². The lowest BCUT2D eigenvalue weighted by atomic mass is 10.1. The van der Waals surface area contributed by atoms with Gasteiger partial charge in [0.05, 0.1) is 0 Å². The number of hydrogen-bond acceptors (Lipinski definition) is 4. The fourth-order valence-electron chi connectivity index (χ4n) is 3.47. The average Bonchev–Trinajstić information content (AvgIpc) is 2.82. The van der Waals surface area contributed by atoms with E-state index < -0.39 is 0 Å². The van der Waals surface area contributed by atoms with Crippen LogP contribution in [0.4, 0.5) is 0 Å². The summed E-state index contributed by atoms with van der Waals surface area (Å²) in [6.07, 6.45) is 0. The van der Waals surface area contributed by atoms with Crippen molar-refractivity contribution in [3.8, 4) is 11.5 Å². The van der Waals surface area contributed by atoms with Crippen molar-refractivity contribution in [2.75, 3.05) is 39.4 Å². The molecule has 1 aliphatic heterocycles. The van der Waals surface area contributed by atoms with Crippen LogP contribution in [0.3, 0.4) is 0 Å². The third-order valence-corrected chi connectivity index (χ3v) is 5.77. The minimum Gasteiger partial charge on any atom is -0.484 e. The van der Waals surface area contributed by atoms with Crippen LogP contribution in [-0.4, -0.2) is 61.0 Å². The Balaban J connectivity index is 1.21. The maximum atomic E-state index is 12.5. The molecule has 0 N–H and O–H groups in total. The zero-order chi connectivity index (χ0) is 21.6. The number of benzene rings is 3. The molecule has 4 rings (SSSR count). The first-order valence-electron chi connectivity index (χ1n) is 10.1. The molecule has 0 unspecified atom stereocenters. The van der Waals surface area contributed by atoms with Crippen molar-refractivity contribution in [3.63, 3.8) is 0 Å². The molecule has 0 atom stereocenters. The molecule has 1 fully saturated rings. The van der Waals surface area contributed by atoms with E-state index in [0.29, 0.717) is 37.7 Å². The molecule has 1 heterocycles. The summed E-state index contributed by atoms with van der Waals surface area (Å²) in [5.41, 5.74) is 0. The minimum atomic E-state index is -0.0811. The molecule has 0 saturated carbocycles. The van der Waals surface area contributed by atoms with Gasteiger partial charge in [-0.2, -0.15) is 0 Å². The van der Waals surface area contributed by atoms with Crippen LogP contribution in [0.2, 0.25) is 0 Å². The van der Waals surface area contributed by atoms with Crippen molar-refractivity contribution < 1.29 is 19.1 Å². The molecule has 2 amide bonds. The van der Waals surface area contributed by atoms with Gasteiger partial charge in [0.2, 0.25) is 0 Å². The first-order chi connectivity index (χ1) is 15.1. The van der Waals surface area contributed by atoms with Crippen LogP contribution in [0.5, 0.6) is 11.5 Å². The monoisotopic (exact) mass is 482 g/mol. The molecule has 6 nitrogen and oxygen atoms in total. The van der Waals surface area contributed by atoms with E-state index in [4.69, 9.17) is 9.47 Å². The van der Waals surface area contributed by atoms with Gasteiger partial charge in [0.15, 0.2) is 13.2 Å². The van der Waals surface area contributed by atoms with E-state index in [1.54, 1.807) is 9.80 Å². The highest BCUT2D eigenvalue weighted by Gasteiger charge is 2.24. The molecule has 3 aromatic rings. The quantitative estimate of drug-likeness (QED) is 0.536. The zero-order valence-corrected chi connectivity index (χ0v) is 18.6. The van der Waals surface area contributed by atoms with E-state index in [-0.39, 0.29) is 25.0 Å². The standard InChI is InChI=1S/C24H23BrN2O4/c25-20-6-9-21(10-7-20)30-16-23(28)26-11-13-27(14-12-26)24(29)17-31-22-8-5-18-3-1-2-4-19(18)15-22/h1-10,15H,11-14,16-17H2. The topological polar surface area (TPSA) is 59.1 Å². The lowest BCUT2D eigenvalue weighted by Crippen LogP contribution is -2.52. The Labute approximate surface area is 189 Å². The van der Waals surface area contributed by atoms with Crippen LogP contribution in [0.1, 0.15) is 0 Å². The molecular weight excluding hydrogens is 460 g/mol. The highest BCUT2D eigenvalue weighted by atomic mass is 79.9. The number of fused-ring (bicyclic) bond motifs is 1. The number of ether oxygens (including phenoxy) is 2. The molecule has 7 heteroatoms. The lowest BCUT2D eigenvalue weighted by molar-refractivity contribution is -0.141. The highest BCUT2D eigenvalue weighted by Crippen LogP contribution is 2.21. The summed E-state index contributed by atoms with van der Waals surface area (Å²) in [5, 5.41) is 2.20. The van der Waals surface area contributed by atoms with Gasteiger partial charge in [0, 0.05) is 30.7 Å². The van der Waals surface area contributed by atoms with Crippen LogP contribution in [0.25, 0.3) is 10.8 Å². The van der Waals surface area contributed by atoms with Gasteiger partial charge in [-0.1, -0.05) is 46.3 Å². The molecule has 1 saturated heterocycles. The molecule has 0 radical (unpaired) electrons. The maximum Gasteiger partial charge on any atom is 0.260 e. The van der Waals surface area contributed by atoms with E-state index in [9.17, 15) is 9.59 Å². The fraction of sp³-hybridized carbons (Fsp3) is 0.250. The summed E-state index contributed by atoms with van der Waals surface area (Å²) in [6, 6.07) is 21.2. The van der Waals surface area contributed by atoms with E-state index in [2.05, 4.69) is 15.9 Å². The number of rotatable bonds is 6. The minimum absolute atomic E-state index is 0.0132. The summed E-state index contributed by atoms with van der Waals surface area (Å²) >= 11 is 3.37. The number of carbonyl (C=O) groups is 2. The molecule has 0 bridgehead atoms. The second-order valence-electron chi connectivity index (χ2n) is 7.30. The Bertz CT molecular complexity index is 1060. The van der Waals surface area contributed by atoms with Gasteiger partial charge in [-0.25, -0.2) is 0 Å². The molecule has 1 aliphatic rings. The summed E-state index contributed by atoms with van der Waals surface area (Å²) < 4.78 is 12.2. The highest BCUT2D eigenvalue weighted by molar-refractivity contribution is 9.10. The van der Waals surface area contributed by atoms with Crippen LogP contribution in [-0.2, 0) is 9.59 Å². The molecule has 0 aliphatic carbocycles. The largest absolute Gasteiger partial charge is 0.484 e. The van der Waals surface area contributed by atoms with Gasteiger partial charge in [0.1, 0.15) is 11.5 Å². The molecular formula is C24H23BrN2O4. The fourth-order valence-corrected chi connectivity index (χ4v) is 3.73. The zero-order valence-electron chi connectivity index (χ0n) is 17.0. The number of hydrogen-bond donors (Lipinski definition) is 0. The SMILES string of the molecule is O=C(COc1ccc(Br)cc1)N1CCN(C(=O)COc2ccc3ccccc3c2)CC1. The Morgan fingerprint density at radius 3 is 1.84 bits per heavy atom. The Hall–Kier alpha value is -3.06. The summed E-state index contributed by atoms with van der Waals surface area (Å²) in [4.78, 5) is 28.4. The van der Waals surface area contributed by atoms with E-state index in [0.717, 1.165) is 15.2 Å². The second-order valence-corrected chi connectivity index (χ2v) is 8.22. The molecule has 0 spiro atoms. The second kappa shape index (κ2) is 9.83. The summed E-state index contributed by atoms with van der Waals surface area (Å²) in [5.74, 6) is 1.16. The average molecular weight is 483 g/mol. The molecule has 31 heavy (non-hydrogen) atoms. The van der Waals surface area contributed by atoms with Crippen LogP contribution >= 0.6 is 15.9 Å². The first kappa shape index (κ1) is 21.2. The van der Waals surface area contributed by atoms with Gasteiger partial charge >= 0.3 is 0 Å². The smallest absolute Gasteiger partial charge is 0.260 e. The van der Waals surface area contributed by atoms with Crippen LogP contribution < -0.4 is 9.47 Å². The molecule has 0 aromatic heterocycles. The van der Waals surface area contributed by atoms with Gasteiger partial charge < -0.3 is 19.3 Å². The van der Waals surface area contributed by atoms with Crippen molar-refractivity contribution in [1.82, 2.24) is 9.80 Å². The number of nitrogens with zero attached hydrogens (tertiary/aromatic N) is 2. The van der Waals surface area contributed by atoms with Crippen molar-refractivity contribution in [2.24, 2.45) is 0 Å². The predicted octanol–water partition coefficient (Wildman–Crippen LogP) is 3.73. The Morgan fingerprint density at radius 2 is 1.23 bits per heavy atom. The van der Waals surface area contributed by atoms with E-state index in [1.807, 2.05) is 66.7 Å². The molecule has 3 aromatic carbocycles. The molecule has 160 valence electrons. The van der Waals surface area contributed by atoms with E-state index in [1.165, 1.54) is 0 Å². The number of piperazine rings is 1. The first-order valence-corrected chi connectivity index (χ1v) is 10.9. The number of carbonyl (C=O) groups excluding carboxylic acids is 2. The third-order valence-electron chi connectivity index (χ3n) is 5.24. The van der Waals surface area contributed by atoms with Crippen molar-refractivity contribution in [1.29, 1.82) is 0 Å². The summed E-state index contributed by atoms with van der Waals surface area (Å²) in [6.45, 7) is 1.93. The number of amides is 2. The van der Waals surface area contributed by atoms with Crippen LogP contribution in [0, 0.1) is 0 Å². The normalized spacial score (nSPS) is 13.8. The summed E-state index contributed by atoms with van der Waals surface area (Å²) in [7, 11) is 0.